The third kappa shape index (κ3) is 1.72. The summed E-state index contributed by atoms with van der Waals surface area (Å²) in [6.45, 7) is 4.45. The van der Waals surface area contributed by atoms with Gasteiger partial charge < -0.3 is 14.6 Å². The second-order valence-electron chi connectivity index (χ2n) is 3.18. The maximum Gasteiger partial charge on any atom is 0.107 e. The molecular formula is C8H16O3. The molecular weight excluding hydrogens is 144 g/mol. The predicted molar refractivity (Wildman–Crippen MR) is 41.4 cm³/mol. The van der Waals surface area contributed by atoms with Crippen LogP contribution in [0.4, 0.5) is 0 Å². The van der Waals surface area contributed by atoms with Gasteiger partial charge in [-0.05, 0) is 6.92 Å². The van der Waals surface area contributed by atoms with E-state index in [2.05, 4.69) is 0 Å². The van der Waals surface area contributed by atoms with Crippen molar-refractivity contribution < 1.29 is 14.6 Å². The Bertz CT molecular complexity index is 127. The molecule has 0 saturated carbocycles. The third-order valence-corrected chi connectivity index (χ3v) is 2.38. The fourth-order valence-corrected chi connectivity index (χ4v) is 1.40. The van der Waals surface area contributed by atoms with E-state index in [1.807, 2.05) is 13.8 Å². The van der Waals surface area contributed by atoms with Crippen LogP contribution in [-0.2, 0) is 9.47 Å². The van der Waals surface area contributed by atoms with Crippen LogP contribution in [0.1, 0.15) is 13.8 Å². The first-order valence-electron chi connectivity index (χ1n) is 3.99. The standard InChI is InChI=1S/C8H16O3/c1-5-6(2)11-7(4-10-3)8(5)9/h5-9H,4H2,1-3H3. The number of aliphatic hydroxyl groups excluding tert-OH is 1. The molecule has 0 bridgehead atoms. The summed E-state index contributed by atoms with van der Waals surface area (Å²) in [4.78, 5) is 0. The van der Waals surface area contributed by atoms with Crippen molar-refractivity contribution in [1.29, 1.82) is 0 Å². The van der Waals surface area contributed by atoms with E-state index in [4.69, 9.17) is 9.47 Å². The highest BCUT2D eigenvalue weighted by atomic mass is 16.6. The molecule has 0 amide bonds. The Kier molecular flexibility index (Phi) is 2.87. The molecule has 3 heteroatoms. The number of methoxy groups -OCH3 is 1. The van der Waals surface area contributed by atoms with Crippen LogP contribution in [0.2, 0.25) is 0 Å². The van der Waals surface area contributed by atoms with Gasteiger partial charge in [-0.3, -0.25) is 0 Å². The van der Waals surface area contributed by atoms with Crippen LogP contribution in [0.15, 0.2) is 0 Å². The second-order valence-corrected chi connectivity index (χ2v) is 3.18. The fourth-order valence-electron chi connectivity index (χ4n) is 1.40. The maximum absolute atomic E-state index is 9.55. The van der Waals surface area contributed by atoms with Crippen molar-refractivity contribution in [2.45, 2.75) is 32.2 Å². The van der Waals surface area contributed by atoms with E-state index in [-0.39, 0.29) is 24.2 Å². The minimum Gasteiger partial charge on any atom is -0.390 e. The van der Waals surface area contributed by atoms with E-state index in [0.717, 1.165) is 0 Å². The summed E-state index contributed by atoms with van der Waals surface area (Å²) in [7, 11) is 1.61. The highest BCUT2D eigenvalue weighted by molar-refractivity contribution is 4.85. The lowest BCUT2D eigenvalue weighted by Gasteiger charge is -2.13. The Balaban J connectivity index is 2.45. The van der Waals surface area contributed by atoms with Crippen LogP contribution in [0.5, 0.6) is 0 Å². The Morgan fingerprint density at radius 1 is 1.45 bits per heavy atom. The molecule has 3 nitrogen and oxygen atoms in total. The monoisotopic (exact) mass is 160 g/mol. The fraction of sp³-hybridized carbons (Fsp3) is 1.00. The Labute approximate surface area is 67.3 Å². The number of hydrogen-bond donors (Lipinski definition) is 1. The molecule has 1 saturated heterocycles. The van der Waals surface area contributed by atoms with Gasteiger partial charge in [-0.2, -0.15) is 0 Å². The van der Waals surface area contributed by atoms with Crippen LogP contribution < -0.4 is 0 Å². The average molecular weight is 160 g/mol. The molecule has 1 N–H and O–H groups in total. The SMILES string of the molecule is COCC1OC(C)C(C)C1O. The number of rotatable bonds is 2. The molecule has 0 radical (unpaired) electrons. The third-order valence-electron chi connectivity index (χ3n) is 2.38. The quantitative estimate of drug-likeness (QED) is 0.636. The van der Waals surface area contributed by atoms with Gasteiger partial charge >= 0.3 is 0 Å². The predicted octanol–water partition coefficient (Wildman–Crippen LogP) is 0.417. The first-order chi connectivity index (χ1) is 5.16. The largest absolute Gasteiger partial charge is 0.390 e. The van der Waals surface area contributed by atoms with Crippen LogP contribution in [0.3, 0.4) is 0 Å². The van der Waals surface area contributed by atoms with E-state index in [1.54, 1.807) is 7.11 Å². The average Bonchev–Trinajstić information content (AvgIpc) is 2.19. The highest BCUT2D eigenvalue weighted by Crippen LogP contribution is 2.26. The zero-order valence-electron chi connectivity index (χ0n) is 7.28. The summed E-state index contributed by atoms with van der Waals surface area (Å²) in [5.41, 5.74) is 0. The van der Waals surface area contributed by atoms with Gasteiger partial charge in [-0.25, -0.2) is 0 Å². The zero-order valence-corrected chi connectivity index (χ0v) is 7.28. The van der Waals surface area contributed by atoms with Crippen molar-refractivity contribution in [3.05, 3.63) is 0 Å². The van der Waals surface area contributed by atoms with Gasteiger partial charge in [0.05, 0.1) is 18.8 Å². The van der Waals surface area contributed by atoms with E-state index in [9.17, 15) is 5.11 Å². The second kappa shape index (κ2) is 3.52. The first-order valence-corrected chi connectivity index (χ1v) is 3.99. The minimum absolute atomic E-state index is 0.134. The summed E-state index contributed by atoms with van der Waals surface area (Å²) in [5.74, 6) is 0.218. The lowest BCUT2D eigenvalue weighted by atomic mass is 10.00. The van der Waals surface area contributed by atoms with Gasteiger partial charge in [0.15, 0.2) is 0 Å². The van der Waals surface area contributed by atoms with Gasteiger partial charge in [0.25, 0.3) is 0 Å². The number of hydrogen-bond acceptors (Lipinski definition) is 3. The number of ether oxygens (including phenoxy) is 2. The molecule has 1 heterocycles. The normalized spacial score (nSPS) is 44.7. The van der Waals surface area contributed by atoms with E-state index >= 15 is 0 Å². The smallest absolute Gasteiger partial charge is 0.107 e. The molecule has 4 atom stereocenters. The van der Waals surface area contributed by atoms with Crippen molar-refractivity contribution in [1.82, 2.24) is 0 Å². The van der Waals surface area contributed by atoms with E-state index in [0.29, 0.717) is 6.61 Å². The lowest BCUT2D eigenvalue weighted by Crippen LogP contribution is -2.28. The Morgan fingerprint density at radius 3 is 2.45 bits per heavy atom. The van der Waals surface area contributed by atoms with Crippen LogP contribution in [0.25, 0.3) is 0 Å². The molecule has 0 aromatic carbocycles. The van der Waals surface area contributed by atoms with Gasteiger partial charge in [0.2, 0.25) is 0 Å². The van der Waals surface area contributed by atoms with Crippen molar-refractivity contribution in [3.8, 4) is 0 Å². The summed E-state index contributed by atoms with van der Waals surface area (Å²) >= 11 is 0. The van der Waals surface area contributed by atoms with Gasteiger partial charge in [-0.15, -0.1) is 0 Å². The molecule has 0 aromatic heterocycles. The molecule has 1 aliphatic heterocycles. The van der Waals surface area contributed by atoms with Gasteiger partial charge in [0.1, 0.15) is 6.10 Å². The van der Waals surface area contributed by atoms with Crippen molar-refractivity contribution in [3.63, 3.8) is 0 Å². The summed E-state index contributed by atoms with van der Waals surface area (Å²) < 4.78 is 10.4. The van der Waals surface area contributed by atoms with Crippen LogP contribution in [0, 0.1) is 5.92 Å². The Hall–Kier alpha value is -0.120. The zero-order chi connectivity index (χ0) is 8.43. The summed E-state index contributed by atoms with van der Waals surface area (Å²) in [5, 5.41) is 9.55. The van der Waals surface area contributed by atoms with E-state index in [1.165, 1.54) is 0 Å². The van der Waals surface area contributed by atoms with Gasteiger partial charge in [-0.1, -0.05) is 6.92 Å². The van der Waals surface area contributed by atoms with Crippen molar-refractivity contribution in [2.75, 3.05) is 13.7 Å². The molecule has 11 heavy (non-hydrogen) atoms. The van der Waals surface area contributed by atoms with Crippen molar-refractivity contribution in [2.24, 2.45) is 5.92 Å². The molecule has 66 valence electrons. The summed E-state index contributed by atoms with van der Waals surface area (Å²) in [6, 6.07) is 0. The van der Waals surface area contributed by atoms with Crippen LogP contribution >= 0.6 is 0 Å². The Morgan fingerprint density at radius 2 is 2.09 bits per heavy atom. The maximum atomic E-state index is 9.55. The molecule has 1 fully saturated rings. The lowest BCUT2D eigenvalue weighted by molar-refractivity contribution is -0.0289. The highest BCUT2D eigenvalue weighted by Gasteiger charge is 2.37. The molecule has 0 aromatic rings. The van der Waals surface area contributed by atoms with E-state index < -0.39 is 0 Å². The molecule has 1 rings (SSSR count). The summed E-state index contributed by atoms with van der Waals surface area (Å²) in [6.07, 6.45) is -0.361. The minimum atomic E-state index is -0.370. The molecule has 4 unspecified atom stereocenters. The molecule has 1 aliphatic rings. The van der Waals surface area contributed by atoms with Gasteiger partial charge in [0, 0.05) is 13.0 Å². The molecule has 0 aliphatic carbocycles. The first kappa shape index (κ1) is 8.97. The van der Waals surface area contributed by atoms with Crippen molar-refractivity contribution >= 4 is 0 Å². The number of aliphatic hydroxyl groups is 1. The topological polar surface area (TPSA) is 38.7 Å². The van der Waals surface area contributed by atoms with Crippen LogP contribution in [-0.4, -0.2) is 37.1 Å². The molecule has 0 spiro atoms.